The van der Waals surface area contributed by atoms with Gasteiger partial charge in [0.15, 0.2) is 0 Å². The molecule has 0 bridgehead atoms. The first-order chi connectivity index (χ1) is 5.86. The molecule has 0 saturated heterocycles. The maximum atomic E-state index is 3.17. The molecule has 0 aromatic carbocycles. The van der Waals surface area contributed by atoms with Gasteiger partial charge >= 0.3 is 0 Å². The minimum absolute atomic E-state index is 0.365. The van der Waals surface area contributed by atoms with E-state index in [2.05, 4.69) is 42.1 Å². The van der Waals surface area contributed by atoms with Gasteiger partial charge in [0.05, 0.1) is 6.04 Å². The molecule has 2 aliphatic rings. The molecule has 64 valence electrons. The summed E-state index contributed by atoms with van der Waals surface area (Å²) in [5, 5.41) is 0. The first kappa shape index (κ1) is 7.62. The predicted octanol–water partition coefficient (Wildman–Crippen LogP) is 1.50. The molecular weight excluding hydrogens is 148 g/mol. The molecule has 0 saturated carbocycles. The lowest BCUT2D eigenvalue weighted by Crippen LogP contribution is -2.31. The normalized spacial score (nSPS) is 33.2. The Hall–Kier alpha value is -1.02. The molecule has 0 amide bonds. The number of hydrogen-bond acceptors (Lipinski definition) is 2. The highest BCUT2D eigenvalue weighted by atomic mass is 15.4. The van der Waals surface area contributed by atoms with E-state index >= 15 is 0 Å². The van der Waals surface area contributed by atoms with Crippen molar-refractivity contribution in [2.75, 3.05) is 0 Å². The molecule has 2 N–H and O–H groups in total. The Kier molecular flexibility index (Phi) is 2.00. The second-order valence-electron chi connectivity index (χ2n) is 3.41. The van der Waals surface area contributed by atoms with Crippen molar-refractivity contribution in [2.24, 2.45) is 5.92 Å². The quantitative estimate of drug-likeness (QED) is 0.610. The molecule has 0 aromatic heterocycles. The van der Waals surface area contributed by atoms with Crippen LogP contribution in [0.1, 0.15) is 13.3 Å². The SMILES string of the molecule is CC1C=C(C2C=CNN2)C=CC1. The van der Waals surface area contributed by atoms with E-state index in [9.17, 15) is 0 Å². The number of hydrazine groups is 1. The predicted molar refractivity (Wildman–Crippen MR) is 50.2 cm³/mol. The molecule has 1 aliphatic heterocycles. The zero-order chi connectivity index (χ0) is 8.39. The van der Waals surface area contributed by atoms with Crippen LogP contribution in [-0.4, -0.2) is 6.04 Å². The fraction of sp³-hybridized carbons (Fsp3) is 0.400. The van der Waals surface area contributed by atoms with Gasteiger partial charge in [-0.2, -0.15) is 0 Å². The lowest BCUT2D eigenvalue weighted by molar-refractivity contribution is 0.628. The summed E-state index contributed by atoms with van der Waals surface area (Å²) in [6.45, 7) is 2.25. The van der Waals surface area contributed by atoms with Gasteiger partial charge in [0, 0.05) is 6.20 Å². The third kappa shape index (κ3) is 1.43. The van der Waals surface area contributed by atoms with Gasteiger partial charge in [-0.25, -0.2) is 5.43 Å². The van der Waals surface area contributed by atoms with Crippen LogP contribution in [-0.2, 0) is 0 Å². The first-order valence-electron chi connectivity index (χ1n) is 4.42. The van der Waals surface area contributed by atoms with Gasteiger partial charge in [0.2, 0.25) is 0 Å². The lowest BCUT2D eigenvalue weighted by Gasteiger charge is -2.16. The van der Waals surface area contributed by atoms with Crippen molar-refractivity contribution in [1.82, 2.24) is 10.9 Å². The lowest BCUT2D eigenvalue weighted by atomic mass is 9.94. The van der Waals surface area contributed by atoms with Crippen LogP contribution >= 0.6 is 0 Å². The van der Waals surface area contributed by atoms with Crippen molar-refractivity contribution in [3.63, 3.8) is 0 Å². The molecule has 0 fully saturated rings. The maximum Gasteiger partial charge on any atom is 0.0704 e. The summed E-state index contributed by atoms with van der Waals surface area (Å²) >= 11 is 0. The van der Waals surface area contributed by atoms with E-state index in [-0.39, 0.29) is 0 Å². The number of rotatable bonds is 1. The smallest absolute Gasteiger partial charge is 0.0704 e. The van der Waals surface area contributed by atoms with Gasteiger partial charge in [-0.3, -0.25) is 0 Å². The second-order valence-corrected chi connectivity index (χ2v) is 3.41. The largest absolute Gasteiger partial charge is 0.328 e. The van der Waals surface area contributed by atoms with Gasteiger partial charge in [-0.15, -0.1) is 0 Å². The van der Waals surface area contributed by atoms with Crippen molar-refractivity contribution in [3.05, 3.63) is 36.1 Å². The summed E-state index contributed by atoms with van der Waals surface area (Å²) in [5.41, 5.74) is 7.52. The van der Waals surface area contributed by atoms with Crippen LogP contribution in [0.5, 0.6) is 0 Å². The van der Waals surface area contributed by atoms with E-state index in [1.807, 2.05) is 6.20 Å². The Morgan fingerprint density at radius 3 is 3.08 bits per heavy atom. The molecule has 2 rings (SSSR count). The highest BCUT2D eigenvalue weighted by Crippen LogP contribution is 2.19. The molecule has 2 nitrogen and oxygen atoms in total. The van der Waals surface area contributed by atoms with Crippen LogP contribution in [0.15, 0.2) is 36.1 Å². The Morgan fingerprint density at radius 1 is 1.50 bits per heavy atom. The first-order valence-corrected chi connectivity index (χ1v) is 4.42. The minimum atomic E-state index is 0.365. The summed E-state index contributed by atoms with van der Waals surface area (Å²) < 4.78 is 0. The van der Waals surface area contributed by atoms with Crippen molar-refractivity contribution in [3.8, 4) is 0 Å². The summed E-state index contributed by atoms with van der Waals surface area (Å²) in [6, 6.07) is 0.365. The van der Waals surface area contributed by atoms with Gasteiger partial charge in [-0.05, 0) is 24.0 Å². The van der Waals surface area contributed by atoms with E-state index in [1.54, 1.807) is 0 Å². The molecule has 2 heteroatoms. The van der Waals surface area contributed by atoms with Crippen LogP contribution in [0.2, 0.25) is 0 Å². The van der Waals surface area contributed by atoms with Crippen LogP contribution < -0.4 is 10.9 Å². The Bertz CT molecular complexity index is 251. The van der Waals surface area contributed by atoms with Crippen molar-refractivity contribution in [2.45, 2.75) is 19.4 Å². The van der Waals surface area contributed by atoms with Crippen molar-refractivity contribution < 1.29 is 0 Å². The van der Waals surface area contributed by atoms with E-state index in [0.717, 1.165) is 0 Å². The zero-order valence-corrected chi connectivity index (χ0v) is 7.25. The Balaban J connectivity index is 2.11. The summed E-state index contributed by atoms with van der Waals surface area (Å²) in [5.74, 6) is 0.681. The van der Waals surface area contributed by atoms with Crippen molar-refractivity contribution in [1.29, 1.82) is 0 Å². The highest BCUT2D eigenvalue weighted by molar-refractivity contribution is 5.33. The van der Waals surface area contributed by atoms with E-state index in [0.29, 0.717) is 12.0 Å². The highest BCUT2D eigenvalue weighted by Gasteiger charge is 2.14. The third-order valence-corrected chi connectivity index (χ3v) is 2.27. The van der Waals surface area contributed by atoms with Crippen LogP contribution in [0.4, 0.5) is 0 Å². The van der Waals surface area contributed by atoms with Crippen LogP contribution in [0.25, 0.3) is 0 Å². The molecule has 12 heavy (non-hydrogen) atoms. The molecule has 0 spiro atoms. The number of allylic oxidation sites excluding steroid dienone is 2. The summed E-state index contributed by atoms with van der Waals surface area (Å²) in [7, 11) is 0. The number of hydrogen-bond donors (Lipinski definition) is 2. The third-order valence-electron chi connectivity index (χ3n) is 2.27. The fourth-order valence-electron chi connectivity index (χ4n) is 1.60. The van der Waals surface area contributed by atoms with Crippen LogP contribution in [0.3, 0.4) is 0 Å². The summed E-state index contributed by atoms with van der Waals surface area (Å²) in [6.07, 6.45) is 12.0. The van der Waals surface area contributed by atoms with E-state index < -0.39 is 0 Å². The molecule has 1 aliphatic carbocycles. The van der Waals surface area contributed by atoms with Gasteiger partial charge in [0.25, 0.3) is 0 Å². The van der Waals surface area contributed by atoms with Gasteiger partial charge < -0.3 is 5.43 Å². The van der Waals surface area contributed by atoms with Gasteiger partial charge in [0.1, 0.15) is 0 Å². The van der Waals surface area contributed by atoms with E-state index in [4.69, 9.17) is 0 Å². The Morgan fingerprint density at radius 2 is 2.42 bits per heavy atom. The molecule has 2 unspecified atom stereocenters. The topological polar surface area (TPSA) is 24.1 Å². The summed E-state index contributed by atoms with van der Waals surface area (Å²) in [4.78, 5) is 0. The van der Waals surface area contributed by atoms with Gasteiger partial charge in [-0.1, -0.05) is 25.2 Å². The zero-order valence-electron chi connectivity index (χ0n) is 7.25. The molecule has 1 heterocycles. The van der Waals surface area contributed by atoms with Crippen molar-refractivity contribution >= 4 is 0 Å². The monoisotopic (exact) mass is 162 g/mol. The van der Waals surface area contributed by atoms with Crippen LogP contribution in [0, 0.1) is 5.92 Å². The molecule has 0 aromatic rings. The second kappa shape index (κ2) is 3.15. The number of nitrogens with one attached hydrogen (secondary N) is 2. The average molecular weight is 162 g/mol. The van der Waals surface area contributed by atoms with E-state index in [1.165, 1.54) is 12.0 Å². The molecule has 2 atom stereocenters. The molecule has 0 radical (unpaired) electrons. The standard InChI is InChI=1S/C10H14N2/c1-8-3-2-4-9(7-8)10-5-6-11-12-10/h2,4-8,10-12H,3H2,1H3. The minimum Gasteiger partial charge on any atom is -0.328 e. The maximum absolute atomic E-state index is 3.17. The fourth-order valence-corrected chi connectivity index (χ4v) is 1.60. The molecular formula is C10H14N2. The average Bonchev–Trinajstić information content (AvgIpc) is 2.56. The Labute approximate surface area is 73.0 Å².